The maximum absolute atomic E-state index is 15.7. The first-order valence-electron chi connectivity index (χ1n) is 23.0. The first-order chi connectivity index (χ1) is 28.9. The molecule has 0 spiro atoms. The van der Waals surface area contributed by atoms with Crippen molar-refractivity contribution < 1.29 is 35.0 Å². The second-order valence-corrected chi connectivity index (χ2v) is 9.20. The fourth-order valence-electron chi connectivity index (χ4n) is 5.82. The smallest absolute Gasteiger partial charge is 0.263 e. The maximum atomic E-state index is 15.7. The number of para-hydroxylation sites is 2. The largest absolute Gasteiger partial charge is 0.338 e. The van der Waals surface area contributed by atoms with Crippen LogP contribution in [0.3, 0.4) is 0 Å². The van der Waals surface area contributed by atoms with Crippen molar-refractivity contribution in [1.29, 1.82) is 0 Å². The molecule has 3 heterocycles. The van der Waals surface area contributed by atoms with Gasteiger partial charge in [0.15, 0.2) is 0 Å². The Morgan fingerprint density at radius 3 is 1.38 bits per heavy atom. The normalized spacial score (nSPS) is 22.1. The number of nitrogens with zero attached hydrogens (tertiary/aromatic N) is 2. The molecule has 0 bridgehead atoms. The first kappa shape index (κ1) is 9.57. The fraction of sp³-hybridized carbons (Fsp3) is 0. The SMILES string of the molecule is [2H]c1c([2H])c([2H])c(B2c3c([2H])c([2H])c([2H])c([2H])c3N3C(=O)N4c5c([2H])c([2H])c([2H])c([2H])c5B(c5c([2H])c([2H])c([2H])c([2H])c5[2H])c5c([2H])c([2H])c6c([2H])c([2H])c2c3c6c54)c([2H])c1[2H]. The zero-order chi connectivity index (χ0) is 45.5. The Labute approximate surface area is 264 Å². The van der Waals surface area contributed by atoms with E-state index < -0.39 is 213 Å². The van der Waals surface area contributed by atoms with Crippen LogP contribution in [0, 0.1) is 0 Å². The minimum atomic E-state index is -1.92. The van der Waals surface area contributed by atoms with Crippen molar-refractivity contribution in [3.05, 3.63) is 133 Å². The van der Waals surface area contributed by atoms with Crippen LogP contribution in [0.2, 0.25) is 0 Å². The predicted octanol–water partition coefficient (Wildman–Crippen LogP) is 3.91. The highest BCUT2D eigenvalue weighted by Crippen LogP contribution is 2.46. The van der Waals surface area contributed by atoms with Gasteiger partial charge in [0.1, 0.15) is 0 Å². The number of rotatable bonds is 2. The molecule has 9 rings (SSSR count). The van der Waals surface area contributed by atoms with Crippen molar-refractivity contribution in [2.45, 2.75) is 0 Å². The van der Waals surface area contributed by atoms with E-state index in [4.69, 9.17) is 21.9 Å². The lowest BCUT2D eigenvalue weighted by Gasteiger charge is -2.46. The van der Waals surface area contributed by atoms with Gasteiger partial charge in [-0.05, 0) is 39.3 Å². The molecule has 6 aromatic rings. The number of hydrogen-bond acceptors (Lipinski definition) is 1. The molecule has 184 valence electrons. The number of carbonyl (C=O) groups excluding carboxylic acids is 1. The molecule has 0 unspecified atom stereocenters. The van der Waals surface area contributed by atoms with Crippen molar-refractivity contribution in [2.75, 3.05) is 9.80 Å². The molecule has 2 amide bonds. The summed E-state index contributed by atoms with van der Waals surface area (Å²) in [5.74, 6) is 0. The van der Waals surface area contributed by atoms with Crippen molar-refractivity contribution in [3.63, 3.8) is 0 Å². The van der Waals surface area contributed by atoms with Gasteiger partial charge in [-0.3, -0.25) is 9.80 Å². The second-order valence-electron chi connectivity index (χ2n) is 9.20. The number of urea groups is 1. The summed E-state index contributed by atoms with van der Waals surface area (Å²) in [7, 11) is 0. The molecule has 0 N–H and O–H groups in total. The van der Waals surface area contributed by atoms with Crippen LogP contribution in [0.4, 0.5) is 27.5 Å². The van der Waals surface area contributed by atoms with Crippen LogP contribution in [0.25, 0.3) is 10.8 Å². The minimum Gasteiger partial charge on any atom is -0.263 e. The van der Waals surface area contributed by atoms with E-state index in [1.807, 2.05) is 0 Å². The molecule has 3 aliphatic heterocycles. The third-order valence-electron chi connectivity index (χ3n) is 7.32. The second kappa shape index (κ2) is 8.00. The minimum absolute atomic E-state index is 0.387. The molecule has 0 aromatic heterocycles. The Hall–Kier alpha value is -5.02. The molecule has 40 heavy (non-hydrogen) atoms. The van der Waals surface area contributed by atoms with E-state index in [9.17, 15) is 8.22 Å². The van der Waals surface area contributed by atoms with Gasteiger partial charge in [0.2, 0.25) is 13.4 Å². The highest BCUT2D eigenvalue weighted by molar-refractivity contribution is 7.00. The van der Waals surface area contributed by atoms with Gasteiger partial charge >= 0.3 is 6.03 Å². The van der Waals surface area contributed by atoms with Crippen molar-refractivity contribution in [1.82, 2.24) is 0 Å². The van der Waals surface area contributed by atoms with E-state index in [1.54, 1.807) is 0 Å². The van der Waals surface area contributed by atoms with Gasteiger partial charge in [-0.25, -0.2) is 4.79 Å². The van der Waals surface area contributed by atoms with Crippen LogP contribution < -0.4 is 42.6 Å². The van der Waals surface area contributed by atoms with Crippen LogP contribution in [0.1, 0.15) is 30.2 Å². The number of anilines is 4. The molecule has 3 aliphatic rings. The summed E-state index contributed by atoms with van der Waals surface area (Å²) in [5.41, 5.74) is -5.59. The third-order valence-corrected chi connectivity index (χ3v) is 7.32. The van der Waals surface area contributed by atoms with Crippen molar-refractivity contribution >= 4 is 85.8 Å². The third kappa shape index (κ3) is 2.74. The van der Waals surface area contributed by atoms with E-state index in [0.29, 0.717) is 9.80 Å². The maximum Gasteiger partial charge on any atom is 0.338 e. The summed E-state index contributed by atoms with van der Waals surface area (Å²) in [6.45, 7) is -3.84. The van der Waals surface area contributed by atoms with E-state index >= 15 is 4.79 Å². The number of amides is 2. The van der Waals surface area contributed by atoms with Gasteiger partial charge in [0, 0.05) is 16.8 Å². The molecular weight excluding hydrogens is 486 g/mol. The Morgan fingerprint density at radius 1 is 0.475 bits per heavy atom. The molecule has 3 nitrogen and oxygen atoms in total. The summed E-state index contributed by atoms with van der Waals surface area (Å²) >= 11 is 0. The zero-order valence-electron chi connectivity index (χ0n) is 42.0. The first-order valence-corrected chi connectivity index (χ1v) is 12.0. The molecule has 0 saturated heterocycles. The lowest BCUT2D eigenvalue weighted by atomic mass is 9.34. The Balaban J connectivity index is 1.61. The Bertz CT molecular complexity index is 2970. The molecule has 0 radical (unpaired) electrons. The van der Waals surface area contributed by atoms with Crippen LogP contribution in [-0.4, -0.2) is 19.5 Å². The molecule has 6 aromatic carbocycles. The molecule has 0 fully saturated rings. The fourth-order valence-corrected chi connectivity index (χ4v) is 5.82. The molecular formula is C35H22B2N2O. The van der Waals surface area contributed by atoms with Crippen LogP contribution in [-0.2, 0) is 0 Å². The molecule has 5 heteroatoms. The van der Waals surface area contributed by atoms with E-state index in [2.05, 4.69) is 0 Å². The number of fused-ring (bicyclic) bond motifs is 4. The number of hydrogen-bond donors (Lipinski definition) is 0. The lowest BCUT2D eigenvalue weighted by Crippen LogP contribution is -2.64. The van der Waals surface area contributed by atoms with Gasteiger partial charge in [-0.15, -0.1) is 0 Å². The van der Waals surface area contributed by atoms with Gasteiger partial charge in [0.05, 0.1) is 41.5 Å². The highest BCUT2D eigenvalue weighted by Gasteiger charge is 2.47. The average Bonchev–Trinajstić information content (AvgIpc) is 3.24. The lowest BCUT2D eigenvalue weighted by molar-refractivity contribution is 0.255. The van der Waals surface area contributed by atoms with Crippen molar-refractivity contribution in [3.8, 4) is 0 Å². The summed E-state index contributed by atoms with van der Waals surface area (Å²) in [4.78, 5) is 17.1. The molecule has 0 atom stereocenters. The van der Waals surface area contributed by atoms with Crippen LogP contribution in [0.5, 0.6) is 0 Å². The van der Waals surface area contributed by atoms with Gasteiger partial charge in [0.25, 0.3) is 0 Å². The van der Waals surface area contributed by atoms with E-state index in [1.165, 1.54) is 0 Å². The molecule has 0 saturated carbocycles. The topological polar surface area (TPSA) is 23.6 Å². The molecule has 0 aliphatic carbocycles. The highest BCUT2D eigenvalue weighted by atomic mass is 16.2. The van der Waals surface area contributed by atoms with E-state index in [-0.39, 0.29) is 5.39 Å². The predicted molar refractivity (Wildman–Crippen MR) is 169 cm³/mol. The standard InChI is InChI=1S/C35H22B2N2O/c40-35-38-30-17-9-7-15-26(30)36(24-11-3-1-4-12-24)28-21-19-23-20-22-29-34(32(23)33(28)38)39(35)31-18-10-8-16-27(31)37(29)25-13-5-2-6-14-25/h1-22H/i1D,2D,3D,4D,5D,6D,7D,8D,9D,10D,11D,12D,13D,14D,15D,16D,17D,18D,19D,20D,21D,22D. The van der Waals surface area contributed by atoms with Gasteiger partial charge < -0.3 is 0 Å². The van der Waals surface area contributed by atoms with Crippen LogP contribution in [0.15, 0.2) is 133 Å². The Morgan fingerprint density at radius 2 is 0.900 bits per heavy atom. The van der Waals surface area contributed by atoms with E-state index in [0.717, 1.165) is 0 Å². The van der Waals surface area contributed by atoms with Gasteiger partial charge in [-0.2, -0.15) is 0 Å². The van der Waals surface area contributed by atoms with Crippen molar-refractivity contribution in [2.24, 2.45) is 0 Å². The number of carbonyl (C=O) groups is 1. The van der Waals surface area contributed by atoms with Gasteiger partial charge in [-0.1, -0.05) is 132 Å². The average molecular weight is 530 g/mol. The van der Waals surface area contributed by atoms with Crippen LogP contribution >= 0.6 is 0 Å². The number of benzene rings is 6. The Kier molecular flexibility index (Phi) is 1.91. The quantitative estimate of drug-likeness (QED) is 0.312. The summed E-state index contributed by atoms with van der Waals surface area (Å²) in [5, 5.41) is -0.907. The summed E-state index contributed by atoms with van der Waals surface area (Å²) < 4.78 is 196. The monoisotopic (exact) mass is 530 g/mol. The summed E-state index contributed by atoms with van der Waals surface area (Å²) in [6, 6.07) is -20.3. The zero-order valence-corrected chi connectivity index (χ0v) is 20.0. The summed E-state index contributed by atoms with van der Waals surface area (Å²) in [6.07, 6.45) is 0.